The second kappa shape index (κ2) is 4.53. The number of nitrogens with one attached hydrogen (secondary N) is 1. The Morgan fingerprint density at radius 2 is 2.00 bits per heavy atom. The molecule has 0 saturated heterocycles. The van der Waals surface area contributed by atoms with Crippen LogP contribution in [-0.4, -0.2) is 19.7 Å². The van der Waals surface area contributed by atoms with Crippen molar-refractivity contribution in [2.24, 2.45) is 0 Å². The monoisotopic (exact) mass is 231 g/mol. The first-order valence-corrected chi connectivity index (χ1v) is 5.68. The van der Waals surface area contributed by atoms with Crippen LogP contribution in [0.25, 0.3) is 0 Å². The number of rotatable bonds is 3. The summed E-state index contributed by atoms with van der Waals surface area (Å²) in [6.45, 7) is 8.03. The summed E-state index contributed by atoms with van der Waals surface area (Å²) in [6, 6.07) is 2.28. The third-order valence-electron chi connectivity index (χ3n) is 2.37. The fourth-order valence-corrected chi connectivity index (χ4v) is 1.61. The zero-order valence-electron chi connectivity index (χ0n) is 10.6. The molecule has 1 N–H and O–H groups in total. The van der Waals surface area contributed by atoms with Crippen molar-refractivity contribution in [1.29, 1.82) is 0 Å². The van der Waals surface area contributed by atoms with E-state index < -0.39 is 0 Å². The maximum Gasteiger partial charge on any atom is 0.134 e. The van der Waals surface area contributed by atoms with Gasteiger partial charge in [0.1, 0.15) is 11.6 Å². The summed E-state index contributed by atoms with van der Waals surface area (Å²) in [5.74, 6) is 1.57. The minimum absolute atomic E-state index is 0.361. The average Bonchev–Trinajstić information content (AvgIpc) is 2.64. The van der Waals surface area contributed by atoms with Crippen molar-refractivity contribution in [2.45, 2.75) is 33.7 Å². The summed E-state index contributed by atoms with van der Waals surface area (Å²) in [4.78, 5) is 8.56. The molecule has 0 radical (unpaired) electrons. The summed E-state index contributed by atoms with van der Waals surface area (Å²) in [7, 11) is 0. The molecule has 0 fully saturated rings. The predicted octanol–water partition coefficient (Wildman–Crippen LogP) is 2.61. The fraction of sp³-hybridized carbons (Fsp3) is 0.417. The molecular weight excluding hydrogens is 214 g/mol. The van der Waals surface area contributed by atoms with Crippen molar-refractivity contribution in [3.05, 3.63) is 30.0 Å². The molecule has 5 nitrogen and oxygen atoms in total. The van der Waals surface area contributed by atoms with Gasteiger partial charge >= 0.3 is 0 Å². The van der Waals surface area contributed by atoms with Gasteiger partial charge in [0.15, 0.2) is 0 Å². The summed E-state index contributed by atoms with van der Waals surface area (Å²) >= 11 is 0. The van der Waals surface area contributed by atoms with E-state index >= 15 is 0 Å². The van der Waals surface area contributed by atoms with E-state index in [1.165, 1.54) is 0 Å². The van der Waals surface area contributed by atoms with Crippen LogP contribution in [0.5, 0.6) is 0 Å². The van der Waals surface area contributed by atoms with Gasteiger partial charge in [0.25, 0.3) is 0 Å². The van der Waals surface area contributed by atoms with Crippen LogP contribution in [0.1, 0.15) is 31.4 Å². The van der Waals surface area contributed by atoms with E-state index in [1.807, 2.05) is 30.8 Å². The topological polar surface area (TPSA) is 55.6 Å². The van der Waals surface area contributed by atoms with Gasteiger partial charge in [-0.1, -0.05) is 0 Å². The van der Waals surface area contributed by atoms with Crippen molar-refractivity contribution in [3.8, 4) is 0 Å². The summed E-state index contributed by atoms with van der Waals surface area (Å²) in [5, 5.41) is 7.49. The highest BCUT2D eigenvalue weighted by molar-refractivity contribution is 5.54. The van der Waals surface area contributed by atoms with Crippen LogP contribution < -0.4 is 5.32 Å². The van der Waals surface area contributed by atoms with Gasteiger partial charge in [-0.15, -0.1) is 0 Å². The minimum atomic E-state index is 0.361. The Morgan fingerprint density at radius 3 is 2.59 bits per heavy atom. The highest BCUT2D eigenvalue weighted by Gasteiger charge is 2.03. The molecule has 5 heteroatoms. The van der Waals surface area contributed by atoms with Gasteiger partial charge in [-0.3, -0.25) is 4.68 Å². The fourth-order valence-electron chi connectivity index (χ4n) is 1.61. The Morgan fingerprint density at radius 1 is 1.24 bits per heavy atom. The van der Waals surface area contributed by atoms with Crippen LogP contribution in [0.3, 0.4) is 0 Å². The molecule has 0 unspecified atom stereocenters. The van der Waals surface area contributed by atoms with Gasteiger partial charge in [0.2, 0.25) is 0 Å². The molecule has 0 atom stereocenters. The van der Waals surface area contributed by atoms with Crippen LogP contribution >= 0.6 is 0 Å². The van der Waals surface area contributed by atoms with E-state index in [9.17, 15) is 0 Å². The van der Waals surface area contributed by atoms with E-state index in [2.05, 4.69) is 34.2 Å². The number of nitrogens with zero attached hydrogens (tertiary/aromatic N) is 4. The molecule has 17 heavy (non-hydrogen) atoms. The third kappa shape index (κ3) is 2.81. The molecule has 0 spiro atoms. The molecule has 2 rings (SSSR count). The number of hydrogen-bond donors (Lipinski definition) is 1. The molecule has 0 aliphatic heterocycles. The van der Waals surface area contributed by atoms with Crippen molar-refractivity contribution in [3.63, 3.8) is 0 Å². The summed E-state index contributed by atoms with van der Waals surface area (Å²) in [5.41, 5.74) is 1.90. The molecule has 0 bridgehead atoms. The number of hydrogen-bond acceptors (Lipinski definition) is 4. The van der Waals surface area contributed by atoms with Gasteiger partial charge in [-0.2, -0.15) is 5.10 Å². The highest BCUT2D eigenvalue weighted by Crippen LogP contribution is 2.16. The predicted molar refractivity (Wildman–Crippen MR) is 67.4 cm³/mol. The molecule has 90 valence electrons. The lowest BCUT2D eigenvalue weighted by atomic mass is 10.4. The first-order valence-electron chi connectivity index (χ1n) is 5.68. The van der Waals surface area contributed by atoms with Crippen LogP contribution in [0.2, 0.25) is 0 Å². The normalized spacial score (nSPS) is 10.9. The Bertz CT molecular complexity index is 495. The SMILES string of the molecule is Cc1cc(Nc2cnn(C(C)C)c2)nc(C)n1. The van der Waals surface area contributed by atoms with Crippen LogP contribution in [0.4, 0.5) is 11.5 Å². The number of aromatic nitrogens is 4. The molecule has 0 aliphatic rings. The van der Waals surface area contributed by atoms with Gasteiger partial charge in [0.05, 0.1) is 11.9 Å². The summed E-state index contributed by atoms with van der Waals surface area (Å²) in [6.07, 6.45) is 3.77. The first-order chi connectivity index (χ1) is 8.04. The quantitative estimate of drug-likeness (QED) is 0.882. The van der Waals surface area contributed by atoms with E-state index in [1.54, 1.807) is 6.20 Å². The highest BCUT2D eigenvalue weighted by atomic mass is 15.3. The molecule has 0 aliphatic carbocycles. The van der Waals surface area contributed by atoms with Gasteiger partial charge < -0.3 is 5.32 Å². The number of anilines is 2. The van der Waals surface area contributed by atoms with Gasteiger partial charge in [-0.05, 0) is 27.7 Å². The van der Waals surface area contributed by atoms with Gasteiger partial charge in [-0.25, -0.2) is 9.97 Å². The Kier molecular flexibility index (Phi) is 3.08. The molecule has 2 heterocycles. The average molecular weight is 231 g/mol. The minimum Gasteiger partial charge on any atom is -0.338 e. The molecule has 0 amide bonds. The van der Waals surface area contributed by atoms with Crippen molar-refractivity contribution in [1.82, 2.24) is 19.7 Å². The lowest BCUT2D eigenvalue weighted by Gasteiger charge is -2.05. The largest absolute Gasteiger partial charge is 0.338 e. The second-order valence-electron chi connectivity index (χ2n) is 4.37. The van der Waals surface area contributed by atoms with Crippen molar-refractivity contribution in [2.75, 3.05) is 5.32 Å². The van der Waals surface area contributed by atoms with E-state index in [0.717, 1.165) is 23.0 Å². The van der Waals surface area contributed by atoms with E-state index in [4.69, 9.17) is 0 Å². The zero-order valence-corrected chi connectivity index (χ0v) is 10.6. The second-order valence-corrected chi connectivity index (χ2v) is 4.37. The Balaban J connectivity index is 2.19. The summed E-state index contributed by atoms with van der Waals surface area (Å²) < 4.78 is 1.91. The van der Waals surface area contributed by atoms with Crippen molar-refractivity contribution < 1.29 is 0 Å². The maximum absolute atomic E-state index is 4.32. The lowest BCUT2D eigenvalue weighted by Crippen LogP contribution is -2.00. The standard InChI is InChI=1S/C12H17N5/c1-8(2)17-7-11(6-13-17)16-12-5-9(3)14-10(4)15-12/h5-8H,1-4H3,(H,14,15,16). The van der Waals surface area contributed by atoms with Crippen LogP contribution in [0, 0.1) is 13.8 Å². The molecule has 2 aromatic rings. The maximum atomic E-state index is 4.32. The Labute approximate surface area is 101 Å². The van der Waals surface area contributed by atoms with Gasteiger partial charge in [0, 0.05) is 24.0 Å². The van der Waals surface area contributed by atoms with E-state index in [0.29, 0.717) is 6.04 Å². The first kappa shape index (κ1) is 11.6. The molecule has 2 aromatic heterocycles. The third-order valence-corrected chi connectivity index (χ3v) is 2.37. The van der Waals surface area contributed by atoms with Crippen molar-refractivity contribution >= 4 is 11.5 Å². The lowest BCUT2D eigenvalue weighted by molar-refractivity contribution is 0.532. The smallest absolute Gasteiger partial charge is 0.134 e. The number of aryl methyl sites for hydroxylation is 2. The molecular formula is C12H17N5. The zero-order chi connectivity index (χ0) is 12.4. The van der Waals surface area contributed by atoms with Crippen LogP contribution in [0.15, 0.2) is 18.5 Å². The molecule has 0 aromatic carbocycles. The van der Waals surface area contributed by atoms with Crippen LogP contribution in [-0.2, 0) is 0 Å². The molecule has 0 saturated carbocycles. The Hall–Kier alpha value is -1.91. The van der Waals surface area contributed by atoms with E-state index in [-0.39, 0.29) is 0 Å².